The molecule has 2 heterocycles. The fourth-order valence-electron chi connectivity index (χ4n) is 2.31. The molecule has 0 saturated carbocycles. The molecule has 2 aromatic rings. The van der Waals surface area contributed by atoms with Crippen molar-refractivity contribution in [3.8, 4) is 17.4 Å². The lowest BCUT2D eigenvalue weighted by molar-refractivity contribution is -0.222. The Morgan fingerprint density at radius 1 is 1.18 bits per heavy atom. The van der Waals surface area contributed by atoms with Crippen LogP contribution in [0.15, 0.2) is 30.0 Å². The highest BCUT2D eigenvalue weighted by molar-refractivity contribution is 6.28. The quantitative estimate of drug-likeness (QED) is 0.329. The number of carbonyl (C=O) groups excluding carboxylic acids is 2. The van der Waals surface area contributed by atoms with Crippen LogP contribution in [0.4, 0.5) is 4.39 Å². The van der Waals surface area contributed by atoms with E-state index in [1.54, 1.807) is 0 Å². The topological polar surface area (TPSA) is 96.8 Å². The van der Waals surface area contributed by atoms with Gasteiger partial charge in [0.2, 0.25) is 11.1 Å². The lowest BCUT2D eigenvalue weighted by atomic mass is 10.1. The van der Waals surface area contributed by atoms with Gasteiger partial charge in [-0.25, -0.2) is 14.6 Å². The second-order valence-corrected chi connectivity index (χ2v) is 6.38. The van der Waals surface area contributed by atoms with Crippen LogP contribution in [0.1, 0.15) is 19.4 Å². The summed E-state index contributed by atoms with van der Waals surface area (Å²) in [5.74, 6) is -3.81. The van der Waals surface area contributed by atoms with Crippen LogP contribution in [-0.2, 0) is 19.1 Å². The molecule has 0 atom stereocenters. The molecule has 1 saturated heterocycles. The smallest absolute Gasteiger partial charge is 0.348 e. The Morgan fingerprint density at radius 3 is 2.50 bits per heavy atom. The number of ether oxygens (including phenoxy) is 4. The molecule has 1 fully saturated rings. The van der Waals surface area contributed by atoms with Crippen LogP contribution >= 0.6 is 11.6 Å². The van der Waals surface area contributed by atoms with Gasteiger partial charge in [0, 0.05) is 13.8 Å². The molecule has 0 bridgehead atoms. The number of benzene rings is 1. The molecule has 0 N–H and O–H groups in total. The van der Waals surface area contributed by atoms with E-state index in [1.807, 2.05) is 0 Å². The monoisotopic (exact) mass is 408 g/mol. The van der Waals surface area contributed by atoms with Crippen LogP contribution in [0.3, 0.4) is 0 Å². The summed E-state index contributed by atoms with van der Waals surface area (Å²) >= 11 is 5.64. The van der Waals surface area contributed by atoms with Crippen molar-refractivity contribution in [1.29, 1.82) is 0 Å². The zero-order chi connectivity index (χ0) is 20.5. The number of nitrogens with zero attached hydrogens (tertiary/aromatic N) is 2. The summed E-state index contributed by atoms with van der Waals surface area (Å²) in [6.45, 7) is 2.90. The molecule has 0 unspecified atom stereocenters. The highest BCUT2D eigenvalue weighted by atomic mass is 35.5. The minimum atomic E-state index is -1.33. The van der Waals surface area contributed by atoms with Crippen LogP contribution in [0.5, 0.6) is 17.4 Å². The molecule has 146 valence electrons. The molecule has 1 aromatic heterocycles. The van der Waals surface area contributed by atoms with Crippen molar-refractivity contribution in [1.82, 2.24) is 9.97 Å². The molecule has 0 aliphatic carbocycles. The average Bonchev–Trinajstić information content (AvgIpc) is 2.61. The summed E-state index contributed by atoms with van der Waals surface area (Å²) in [6.07, 6.45) is 2.16. The largest absolute Gasteiger partial charge is 0.493 e. The van der Waals surface area contributed by atoms with Gasteiger partial charge in [0.05, 0.1) is 13.3 Å². The van der Waals surface area contributed by atoms with Crippen molar-refractivity contribution >= 4 is 29.6 Å². The molecular weight excluding hydrogens is 395 g/mol. The first-order valence-corrected chi connectivity index (χ1v) is 8.28. The molecule has 10 heteroatoms. The third kappa shape index (κ3) is 4.20. The van der Waals surface area contributed by atoms with Crippen LogP contribution < -0.4 is 9.47 Å². The van der Waals surface area contributed by atoms with E-state index in [2.05, 4.69) is 9.97 Å². The molecule has 0 amide bonds. The van der Waals surface area contributed by atoms with E-state index >= 15 is 0 Å². The van der Waals surface area contributed by atoms with E-state index in [0.29, 0.717) is 5.56 Å². The molecule has 1 aliphatic heterocycles. The van der Waals surface area contributed by atoms with E-state index in [4.69, 9.17) is 30.5 Å². The number of hydrogen-bond acceptors (Lipinski definition) is 8. The van der Waals surface area contributed by atoms with Gasteiger partial charge in [-0.15, -0.1) is 0 Å². The molecule has 0 radical (unpaired) electrons. The lowest BCUT2D eigenvalue weighted by Gasteiger charge is -2.29. The van der Waals surface area contributed by atoms with Crippen molar-refractivity contribution in [2.24, 2.45) is 0 Å². The first-order chi connectivity index (χ1) is 13.2. The van der Waals surface area contributed by atoms with E-state index < -0.39 is 23.5 Å². The predicted octanol–water partition coefficient (Wildman–Crippen LogP) is 3.29. The zero-order valence-electron chi connectivity index (χ0n) is 15.0. The van der Waals surface area contributed by atoms with Crippen molar-refractivity contribution in [2.45, 2.75) is 19.6 Å². The third-order valence-electron chi connectivity index (χ3n) is 3.50. The number of halogens is 2. The zero-order valence-corrected chi connectivity index (χ0v) is 15.7. The van der Waals surface area contributed by atoms with Crippen LogP contribution in [0, 0.1) is 5.82 Å². The minimum absolute atomic E-state index is 0.133. The van der Waals surface area contributed by atoms with Gasteiger partial charge in [-0.2, -0.15) is 9.37 Å². The summed E-state index contributed by atoms with van der Waals surface area (Å²) in [7, 11) is 1.37. The maximum atomic E-state index is 13.8. The predicted molar refractivity (Wildman–Crippen MR) is 94.3 cm³/mol. The van der Waals surface area contributed by atoms with Crippen LogP contribution in [0.25, 0.3) is 6.08 Å². The normalized spacial score (nSPS) is 15.5. The van der Waals surface area contributed by atoms with Gasteiger partial charge in [-0.1, -0.05) is 6.07 Å². The number of aromatic nitrogens is 2. The van der Waals surface area contributed by atoms with Gasteiger partial charge in [0.1, 0.15) is 5.57 Å². The summed E-state index contributed by atoms with van der Waals surface area (Å²) in [6, 6.07) is 4.44. The van der Waals surface area contributed by atoms with Gasteiger partial charge >= 0.3 is 11.9 Å². The van der Waals surface area contributed by atoms with E-state index in [-0.39, 0.29) is 28.2 Å². The van der Waals surface area contributed by atoms with Crippen molar-refractivity contribution in [2.75, 3.05) is 7.11 Å². The Kier molecular flexibility index (Phi) is 5.19. The van der Waals surface area contributed by atoms with E-state index in [9.17, 15) is 14.0 Å². The van der Waals surface area contributed by atoms with Crippen molar-refractivity contribution < 1.29 is 32.9 Å². The number of methoxy groups -OCH3 is 1. The summed E-state index contributed by atoms with van der Waals surface area (Å²) in [4.78, 5) is 31.2. The first-order valence-electron chi connectivity index (χ1n) is 7.91. The number of carbonyl (C=O) groups is 2. The molecule has 28 heavy (non-hydrogen) atoms. The Hall–Kier alpha value is -3.20. The fourth-order valence-corrected chi connectivity index (χ4v) is 2.44. The SMILES string of the molecule is COc1cc(C=C2C(=O)OC(C)(C)OC2=O)ccc1Oc1nc(Cl)ncc1F. The third-order valence-corrected chi connectivity index (χ3v) is 3.69. The van der Waals surface area contributed by atoms with Crippen molar-refractivity contribution in [3.05, 3.63) is 46.6 Å². The Morgan fingerprint density at radius 2 is 1.86 bits per heavy atom. The number of cyclic esters (lactones) is 2. The van der Waals surface area contributed by atoms with E-state index in [1.165, 1.54) is 45.2 Å². The standard InChI is InChI=1S/C18H14ClFN2O6/c1-18(2)27-15(23)10(16(24)28-18)6-9-4-5-12(13(7-9)25-3)26-14-11(20)8-21-17(19)22-14/h4-8H,1-3H3. The second-order valence-electron chi connectivity index (χ2n) is 6.04. The van der Waals surface area contributed by atoms with Gasteiger partial charge in [-0.05, 0) is 35.4 Å². The van der Waals surface area contributed by atoms with E-state index in [0.717, 1.165) is 6.20 Å². The number of esters is 2. The van der Waals surface area contributed by atoms with Gasteiger partial charge < -0.3 is 18.9 Å². The summed E-state index contributed by atoms with van der Waals surface area (Å²) in [5.41, 5.74) is 0.151. The average molecular weight is 409 g/mol. The van der Waals surface area contributed by atoms with Crippen LogP contribution in [-0.4, -0.2) is 34.8 Å². The Balaban J connectivity index is 1.90. The number of hydrogen-bond donors (Lipinski definition) is 0. The highest BCUT2D eigenvalue weighted by Crippen LogP contribution is 2.34. The molecule has 1 aromatic carbocycles. The summed E-state index contributed by atoms with van der Waals surface area (Å²) < 4.78 is 34.4. The molecule has 3 rings (SSSR count). The second kappa shape index (κ2) is 7.43. The highest BCUT2D eigenvalue weighted by Gasteiger charge is 2.38. The number of rotatable bonds is 4. The van der Waals surface area contributed by atoms with Gasteiger partial charge in [0.25, 0.3) is 11.7 Å². The maximum absolute atomic E-state index is 13.8. The lowest BCUT2D eigenvalue weighted by Crippen LogP contribution is -2.41. The molecule has 1 aliphatic rings. The van der Waals surface area contributed by atoms with Gasteiger partial charge in [-0.3, -0.25) is 0 Å². The Bertz CT molecular complexity index is 970. The van der Waals surface area contributed by atoms with Crippen LogP contribution in [0.2, 0.25) is 5.28 Å². The first kappa shape index (κ1) is 19.6. The van der Waals surface area contributed by atoms with Crippen molar-refractivity contribution in [3.63, 3.8) is 0 Å². The Labute approximate surface area is 163 Å². The minimum Gasteiger partial charge on any atom is -0.493 e. The molecule has 8 nitrogen and oxygen atoms in total. The maximum Gasteiger partial charge on any atom is 0.348 e. The molecular formula is C18H14ClFN2O6. The fraction of sp³-hybridized carbons (Fsp3) is 0.222. The van der Waals surface area contributed by atoms with Gasteiger partial charge in [0.15, 0.2) is 11.5 Å². The molecule has 0 spiro atoms. The summed E-state index contributed by atoms with van der Waals surface area (Å²) in [5, 5.41) is -0.186.